The first-order valence-electron chi connectivity index (χ1n) is 8.40. The van der Waals surface area contributed by atoms with Gasteiger partial charge in [-0.3, -0.25) is 0 Å². The Bertz CT molecular complexity index is 425. The summed E-state index contributed by atoms with van der Waals surface area (Å²) in [6, 6.07) is 3.78. The summed E-state index contributed by atoms with van der Waals surface area (Å²) in [6.45, 7) is 2.95. The maximum absolute atomic E-state index is 14.2. The van der Waals surface area contributed by atoms with Gasteiger partial charge in [-0.05, 0) is 49.9 Å². The predicted molar refractivity (Wildman–Crippen MR) is 83.2 cm³/mol. The van der Waals surface area contributed by atoms with Crippen LogP contribution in [0.5, 0.6) is 0 Å². The van der Waals surface area contributed by atoms with E-state index in [0.29, 0.717) is 11.5 Å². The average Bonchev–Trinajstić information content (AvgIpc) is 2.44. The smallest absolute Gasteiger partial charge is 0.128 e. The molecule has 0 radical (unpaired) electrons. The summed E-state index contributed by atoms with van der Waals surface area (Å²) in [5, 5.41) is 3.46. The van der Waals surface area contributed by atoms with Crippen LogP contribution >= 0.6 is 0 Å². The first-order valence-corrected chi connectivity index (χ1v) is 8.40. The zero-order valence-electron chi connectivity index (χ0n) is 13.0. The second-order valence-corrected chi connectivity index (χ2v) is 6.20. The van der Waals surface area contributed by atoms with Crippen molar-refractivity contribution in [2.45, 2.75) is 64.3 Å². The third kappa shape index (κ3) is 4.77. The molecule has 0 amide bonds. The van der Waals surface area contributed by atoms with Gasteiger partial charge < -0.3 is 5.32 Å². The molecule has 1 unspecified atom stereocenters. The van der Waals surface area contributed by atoms with Gasteiger partial charge in [0.25, 0.3) is 0 Å². The molecule has 21 heavy (non-hydrogen) atoms. The summed E-state index contributed by atoms with van der Waals surface area (Å²) in [6.07, 6.45) is 9.46. The molecule has 0 spiro atoms. The van der Waals surface area contributed by atoms with Crippen molar-refractivity contribution < 1.29 is 8.78 Å². The lowest BCUT2D eigenvalue weighted by Gasteiger charge is -2.30. The maximum Gasteiger partial charge on any atom is 0.128 e. The highest BCUT2D eigenvalue weighted by Crippen LogP contribution is 2.34. The lowest BCUT2D eigenvalue weighted by Crippen LogP contribution is -2.30. The van der Waals surface area contributed by atoms with Gasteiger partial charge in [0.2, 0.25) is 0 Å². The lowest BCUT2D eigenvalue weighted by molar-refractivity contribution is 0.283. The number of benzene rings is 1. The standard InChI is InChI=1S/C18H27F2N/c1-2-12-21-18(14-8-6-4-3-5-7-9-14)16-13-15(19)10-11-17(16)20/h10-11,13-14,18,21H,2-9,12H2,1H3. The van der Waals surface area contributed by atoms with Gasteiger partial charge in [0.15, 0.2) is 0 Å². The molecule has 3 heteroatoms. The number of nitrogens with one attached hydrogen (secondary N) is 1. The minimum absolute atomic E-state index is 0.0567. The molecule has 2 rings (SSSR count). The van der Waals surface area contributed by atoms with Crippen molar-refractivity contribution in [2.75, 3.05) is 6.54 Å². The predicted octanol–water partition coefficient (Wildman–Crippen LogP) is 5.37. The second-order valence-electron chi connectivity index (χ2n) is 6.20. The van der Waals surface area contributed by atoms with Crippen molar-refractivity contribution in [3.05, 3.63) is 35.4 Å². The van der Waals surface area contributed by atoms with E-state index in [1.54, 1.807) is 0 Å². The van der Waals surface area contributed by atoms with Gasteiger partial charge in [-0.15, -0.1) is 0 Å². The Labute approximate surface area is 127 Å². The number of hydrogen-bond acceptors (Lipinski definition) is 1. The normalized spacial score (nSPS) is 19.0. The molecular weight excluding hydrogens is 268 g/mol. The van der Waals surface area contributed by atoms with Crippen LogP contribution in [0.15, 0.2) is 18.2 Å². The quantitative estimate of drug-likeness (QED) is 0.770. The molecule has 1 saturated carbocycles. The number of hydrogen-bond donors (Lipinski definition) is 1. The second kappa shape index (κ2) is 8.47. The Morgan fingerprint density at radius 3 is 2.43 bits per heavy atom. The molecule has 1 atom stereocenters. The van der Waals surface area contributed by atoms with E-state index in [0.717, 1.165) is 25.8 Å². The molecule has 1 fully saturated rings. The van der Waals surface area contributed by atoms with E-state index in [-0.39, 0.29) is 17.7 Å². The van der Waals surface area contributed by atoms with Crippen LogP contribution in [0.2, 0.25) is 0 Å². The van der Waals surface area contributed by atoms with Gasteiger partial charge in [-0.25, -0.2) is 8.78 Å². The van der Waals surface area contributed by atoms with Crippen LogP contribution in [0.3, 0.4) is 0 Å². The maximum atomic E-state index is 14.2. The molecule has 0 aromatic heterocycles. The van der Waals surface area contributed by atoms with Crippen molar-refractivity contribution in [3.63, 3.8) is 0 Å². The van der Waals surface area contributed by atoms with E-state index in [2.05, 4.69) is 12.2 Å². The third-order valence-corrected chi connectivity index (χ3v) is 4.53. The summed E-state index contributed by atoms with van der Waals surface area (Å²) in [7, 11) is 0. The summed E-state index contributed by atoms with van der Waals surface area (Å²) >= 11 is 0. The molecule has 0 heterocycles. The number of halogens is 2. The highest BCUT2D eigenvalue weighted by molar-refractivity contribution is 5.23. The van der Waals surface area contributed by atoms with Crippen LogP contribution in [0, 0.1) is 17.6 Å². The molecule has 1 nitrogen and oxygen atoms in total. The first kappa shape index (κ1) is 16.4. The van der Waals surface area contributed by atoms with Crippen LogP contribution in [0.25, 0.3) is 0 Å². The van der Waals surface area contributed by atoms with E-state index < -0.39 is 0 Å². The first-order chi connectivity index (χ1) is 10.2. The van der Waals surface area contributed by atoms with Crippen molar-refractivity contribution in [1.82, 2.24) is 5.32 Å². The highest BCUT2D eigenvalue weighted by atomic mass is 19.1. The van der Waals surface area contributed by atoms with E-state index in [9.17, 15) is 8.78 Å². The van der Waals surface area contributed by atoms with Crippen LogP contribution in [0.1, 0.15) is 69.9 Å². The van der Waals surface area contributed by atoms with E-state index in [1.165, 1.54) is 50.3 Å². The fraction of sp³-hybridized carbons (Fsp3) is 0.667. The molecule has 1 aromatic rings. The Balaban J connectivity index is 2.20. The SMILES string of the molecule is CCCNC(c1cc(F)ccc1F)C1CCCCCCC1. The van der Waals surface area contributed by atoms with Crippen molar-refractivity contribution in [2.24, 2.45) is 5.92 Å². The van der Waals surface area contributed by atoms with Gasteiger partial charge in [-0.2, -0.15) is 0 Å². The lowest BCUT2D eigenvalue weighted by atomic mass is 9.82. The van der Waals surface area contributed by atoms with Gasteiger partial charge >= 0.3 is 0 Å². The molecule has 0 saturated heterocycles. The van der Waals surface area contributed by atoms with Crippen molar-refractivity contribution in [1.29, 1.82) is 0 Å². The molecule has 1 N–H and O–H groups in total. The molecule has 1 aliphatic rings. The van der Waals surface area contributed by atoms with Crippen LogP contribution in [-0.4, -0.2) is 6.54 Å². The van der Waals surface area contributed by atoms with Crippen LogP contribution < -0.4 is 5.32 Å². The van der Waals surface area contributed by atoms with Crippen molar-refractivity contribution in [3.8, 4) is 0 Å². The minimum Gasteiger partial charge on any atom is -0.310 e. The van der Waals surface area contributed by atoms with E-state index >= 15 is 0 Å². The van der Waals surface area contributed by atoms with Crippen LogP contribution in [-0.2, 0) is 0 Å². The van der Waals surface area contributed by atoms with Gasteiger partial charge in [-0.1, -0.05) is 39.0 Å². The monoisotopic (exact) mass is 295 g/mol. The summed E-state index contributed by atoms with van der Waals surface area (Å²) in [4.78, 5) is 0. The Morgan fingerprint density at radius 1 is 1.10 bits per heavy atom. The average molecular weight is 295 g/mol. The molecule has 1 aromatic carbocycles. The Kier molecular flexibility index (Phi) is 6.62. The number of rotatable bonds is 5. The van der Waals surface area contributed by atoms with Gasteiger partial charge in [0.1, 0.15) is 11.6 Å². The van der Waals surface area contributed by atoms with Crippen molar-refractivity contribution >= 4 is 0 Å². The molecule has 0 bridgehead atoms. The van der Waals surface area contributed by atoms with E-state index in [4.69, 9.17) is 0 Å². The molecule has 118 valence electrons. The Hall–Kier alpha value is -0.960. The van der Waals surface area contributed by atoms with E-state index in [1.807, 2.05) is 0 Å². The summed E-state index contributed by atoms with van der Waals surface area (Å²) < 4.78 is 27.7. The summed E-state index contributed by atoms with van der Waals surface area (Å²) in [5.74, 6) is -0.222. The third-order valence-electron chi connectivity index (χ3n) is 4.53. The largest absolute Gasteiger partial charge is 0.310 e. The fourth-order valence-electron chi connectivity index (χ4n) is 3.40. The minimum atomic E-state index is -0.347. The highest BCUT2D eigenvalue weighted by Gasteiger charge is 2.25. The Morgan fingerprint density at radius 2 is 1.76 bits per heavy atom. The zero-order chi connectivity index (χ0) is 15.1. The summed E-state index contributed by atoms with van der Waals surface area (Å²) in [5.41, 5.74) is 0.508. The molecular formula is C18H27F2N. The van der Waals surface area contributed by atoms with Gasteiger partial charge in [0, 0.05) is 11.6 Å². The topological polar surface area (TPSA) is 12.0 Å². The van der Waals surface area contributed by atoms with Gasteiger partial charge in [0.05, 0.1) is 0 Å². The van der Waals surface area contributed by atoms with Crippen LogP contribution in [0.4, 0.5) is 8.78 Å². The molecule has 1 aliphatic carbocycles. The molecule has 0 aliphatic heterocycles. The zero-order valence-corrected chi connectivity index (χ0v) is 13.0. The fourth-order valence-corrected chi connectivity index (χ4v) is 3.40.